The van der Waals surface area contributed by atoms with Gasteiger partial charge in [0.15, 0.2) is 0 Å². The number of halogens is 1. The highest BCUT2D eigenvalue weighted by molar-refractivity contribution is 6.33. The molecule has 0 aliphatic carbocycles. The molecule has 0 aliphatic rings. The molecule has 0 aliphatic heterocycles. The number of nitrogens with one attached hydrogen (secondary N) is 1. The summed E-state index contributed by atoms with van der Waals surface area (Å²) in [7, 11) is 2.47. The van der Waals surface area contributed by atoms with Gasteiger partial charge in [0.1, 0.15) is 6.04 Å². The third-order valence-electron chi connectivity index (χ3n) is 3.10. The Morgan fingerprint density at radius 2 is 1.73 bits per heavy atom. The van der Waals surface area contributed by atoms with E-state index in [9.17, 15) is 14.4 Å². The number of ether oxygens (including phenoxy) is 2. The van der Waals surface area contributed by atoms with Crippen molar-refractivity contribution in [3.8, 4) is 0 Å². The van der Waals surface area contributed by atoms with Crippen molar-refractivity contribution in [3.63, 3.8) is 0 Å². The van der Waals surface area contributed by atoms with Gasteiger partial charge in [0.25, 0.3) is 5.91 Å². The summed E-state index contributed by atoms with van der Waals surface area (Å²) in [6, 6.07) is 5.49. The van der Waals surface area contributed by atoms with E-state index in [4.69, 9.17) is 11.6 Å². The zero-order chi connectivity index (χ0) is 16.7. The Kier molecular flexibility index (Phi) is 6.85. The van der Waals surface area contributed by atoms with Gasteiger partial charge in [0.2, 0.25) is 0 Å². The molecule has 0 radical (unpaired) electrons. The second kappa shape index (κ2) is 8.38. The van der Waals surface area contributed by atoms with Crippen molar-refractivity contribution in [1.82, 2.24) is 5.32 Å². The fourth-order valence-electron chi connectivity index (χ4n) is 1.89. The largest absolute Gasteiger partial charge is 0.469 e. The summed E-state index contributed by atoms with van der Waals surface area (Å²) in [4.78, 5) is 35.4. The van der Waals surface area contributed by atoms with Crippen molar-refractivity contribution in [2.45, 2.75) is 19.4 Å². The van der Waals surface area contributed by atoms with Gasteiger partial charge in [-0.25, -0.2) is 4.79 Å². The molecule has 0 saturated carbocycles. The minimum Gasteiger partial charge on any atom is -0.469 e. The monoisotopic (exact) mass is 327 g/mol. The Morgan fingerprint density at radius 1 is 1.14 bits per heavy atom. The van der Waals surface area contributed by atoms with Crippen molar-refractivity contribution in [3.05, 3.63) is 34.9 Å². The van der Waals surface area contributed by atoms with Gasteiger partial charge in [0.05, 0.1) is 30.7 Å². The highest BCUT2D eigenvalue weighted by Crippen LogP contribution is 2.16. The smallest absolute Gasteiger partial charge is 0.328 e. The lowest BCUT2D eigenvalue weighted by Gasteiger charge is -2.19. The van der Waals surface area contributed by atoms with Gasteiger partial charge in [-0.2, -0.15) is 0 Å². The van der Waals surface area contributed by atoms with E-state index in [0.717, 1.165) is 0 Å². The molecule has 120 valence electrons. The predicted molar refractivity (Wildman–Crippen MR) is 80.5 cm³/mol. The molecule has 1 amide bonds. The summed E-state index contributed by atoms with van der Waals surface area (Å²) < 4.78 is 9.26. The van der Waals surface area contributed by atoms with Gasteiger partial charge in [-0.1, -0.05) is 30.7 Å². The zero-order valence-corrected chi connectivity index (χ0v) is 13.3. The molecule has 0 saturated heterocycles. The van der Waals surface area contributed by atoms with E-state index >= 15 is 0 Å². The van der Waals surface area contributed by atoms with Gasteiger partial charge in [-0.15, -0.1) is 0 Å². The van der Waals surface area contributed by atoms with Crippen molar-refractivity contribution >= 4 is 29.4 Å². The van der Waals surface area contributed by atoms with Crippen LogP contribution >= 0.6 is 11.6 Å². The molecule has 1 aromatic carbocycles. The van der Waals surface area contributed by atoms with Crippen LogP contribution in [0.2, 0.25) is 5.02 Å². The van der Waals surface area contributed by atoms with Crippen LogP contribution in [0.5, 0.6) is 0 Å². The highest BCUT2D eigenvalue weighted by atomic mass is 35.5. The number of benzene rings is 1. The van der Waals surface area contributed by atoms with Crippen LogP contribution in [0, 0.1) is 5.92 Å². The van der Waals surface area contributed by atoms with Crippen molar-refractivity contribution in [1.29, 1.82) is 0 Å². The van der Waals surface area contributed by atoms with E-state index in [-0.39, 0.29) is 17.0 Å². The van der Waals surface area contributed by atoms with E-state index in [0.29, 0.717) is 0 Å². The first kappa shape index (κ1) is 18.0. The van der Waals surface area contributed by atoms with Crippen LogP contribution in [0.25, 0.3) is 0 Å². The number of carbonyl (C=O) groups excluding carboxylic acids is 3. The van der Waals surface area contributed by atoms with Gasteiger partial charge in [0, 0.05) is 0 Å². The Bertz CT molecular complexity index is 561. The van der Waals surface area contributed by atoms with Crippen LogP contribution in [-0.2, 0) is 19.1 Å². The second-order valence-electron chi connectivity index (χ2n) is 4.69. The summed E-state index contributed by atoms with van der Waals surface area (Å²) in [5.74, 6) is -2.20. The fourth-order valence-corrected chi connectivity index (χ4v) is 2.11. The standard InChI is InChI=1S/C15H18ClNO5/c1-9(14(19)21-2)8-12(15(20)22-3)17-13(18)10-6-4-5-7-11(10)16/h4-7,9,12H,8H2,1-3H3,(H,17,18)/t9-,12-/m1/s1. The normalized spacial score (nSPS) is 12.9. The van der Waals surface area contributed by atoms with E-state index in [1.165, 1.54) is 20.3 Å². The fraction of sp³-hybridized carbons (Fsp3) is 0.400. The molecule has 1 aromatic rings. The van der Waals surface area contributed by atoms with Gasteiger partial charge < -0.3 is 14.8 Å². The van der Waals surface area contributed by atoms with E-state index < -0.39 is 29.8 Å². The maximum absolute atomic E-state index is 12.2. The molecule has 0 unspecified atom stereocenters. The van der Waals surface area contributed by atoms with Crippen LogP contribution in [0.15, 0.2) is 24.3 Å². The Labute approximate surface area is 133 Å². The van der Waals surface area contributed by atoms with Crippen molar-refractivity contribution in [2.24, 2.45) is 5.92 Å². The van der Waals surface area contributed by atoms with Crippen LogP contribution in [0.4, 0.5) is 0 Å². The summed E-state index contributed by atoms with van der Waals surface area (Å²) in [6.45, 7) is 1.60. The van der Waals surface area contributed by atoms with Crippen LogP contribution in [0.1, 0.15) is 23.7 Å². The first-order valence-electron chi connectivity index (χ1n) is 6.61. The summed E-state index contributed by atoms with van der Waals surface area (Å²) in [5.41, 5.74) is 0.240. The predicted octanol–water partition coefficient (Wildman–Crippen LogP) is 1.81. The van der Waals surface area contributed by atoms with Crippen molar-refractivity contribution in [2.75, 3.05) is 14.2 Å². The maximum Gasteiger partial charge on any atom is 0.328 e. The molecule has 0 fully saturated rings. The molecular formula is C15H18ClNO5. The van der Waals surface area contributed by atoms with Gasteiger partial charge in [-0.05, 0) is 18.6 Å². The lowest BCUT2D eigenvalue weighted by Crippen LogP contribution is -2.43. The zero-order valence-electron chi connectivity index (χ0n) is 12.6. The second-order valence-corrected chi connectivity index (χ2v) is 5.10. The SMILES string of the molecule is COC(=O)[C@H](C)C[C@@H](NC(=O)c1ccccc1Cl)C(=O)OC. The quantitative estimate of drug-likeness (QED) is 0.806. The molecule has 6 nitrogen and oxygen atoms in total. The average molecular weight is 328 g/mol. The molecule has 2 atom stereocenters. The van der Waals surface area contributed by atoms with Crippen molar-refractivity contribution < 1.29 is 23.9 Å². The van der Waals surface area contributed by atoms with Crippen LogP contribution in [-0.4, -0.2) is 38.1 Å². The first-order chi connectivity index (χ1) is 10.4. The lowest BCUT2D eigenvalue weighted by atomic mass is 10.0. The number of rotatable bonds is 6. The molecule has 0 bridgehead atoms. The van der Waals surface area contributed by atoms with Gasteiger partial charge >= 0.3 is 11.9 Å². The molecule has 0 heterocycles. The van der Waals surface area contributed by atoms with Gasteiger partial charge in [-0.3, -0.25) is 9.59 Å². The number of methoxy groups -OCH3 is 2. The minimum atomic E-state index is -0.970. The van der Waals surface area contributed by atoms with E-state index in [2.05, 4.69) is 14.8 Å². The molecule has 1 rings (SSSR count). The topological polar surface area (TPSA) is 81.7 Å². The van der Waals surface area contributed by atoms with E-state index in [1.54, 1.807) is 25.1 Å². The van der Waals surface area contributed by atoms with Crippen LogP contribution in [0.3, 0.4) is 0 Å². The molecule has 22 heavy (non-hydrogen) atoms. The number of esters is 2. The highest BCUT2D eigenvalue weighted by Gasteiger charge is 2.28. The average Bonchev–Trinajstić information content (AvgIpc) is 2.52. The Balaban J connectivity index is 2.86. The lowest BCUT2D eigenvalue weighted by molar-refractivity contribution is -0.147. The molecule has 0 aromatic heterocycles. The maximum atomic E-state index is 12.2. The number of hydrogen-bond donors (Lipinski definition) is 1. The summed E-state index contributed by atoms with van der Waals surface area (Å²) >= 11 is 5.94. The summed E-state index contributed by atoms with van der Waals surface area (Å²) in [6.07, 6.45) is 0.0650. The van der Waals surface area contributed by atoms with Crippen LogP contribution < -0.4 is 5.32 Å². The Morgan fingerprint density at radius 3 is 2.27 bits per heavy atom. The molecule has 1 N–H and O–H groups in total. The molecule has 7 heteroatoms. The number of hydrogen-bond acceptors (Lipinski definition) is 5. The third kappa shape index (κ3) is 4.73. The Hall–Kier alpha value is -2.08. The summed E-state index contributed by atoms with van der Waals surface area (Å²) in [5, 5.41) is 2.80. The number of carbonyl (C=O) groups is 3. The van der Waals surface area contributed by atoms with E-state index in [1.807, 2.05) is 0 Å². The first-order valence-corrected chi connectivity index (χ1v) is 6.99. The third-order valence-corrected chi connectivity index (χ3v) is 3.43. The number of amides is 1. The minimum absolute atomic E-state index is 0.0650. The molecular weight excluding hydrogens is 310 g/mol. The molecule has 0 spiro atoms.